The third kappa shape index (κ3) is 6.15. The van der Waals surface area contributed by atoms with Gasteiger partial charge in [-0.1, -0.05) is 44.1 Å². The molecule has 7 nitrogen and oxygen atoms in total. The Labute approximate surface area is 180 Å². The number of amides is 2. The van der Waals surface area contributed by atoms with Gasteiger partial charge in [0.2, 0.25) is 11.8 Å². The van der Waals surface area contributed by atoms with E-state index in [1.165, 1.54) is 6.07 Å². The highest BCUT2D eigenvalue weighted by Crippen LogP contribution is 2.23. The summed E-state index contributed by atoms with van der Waals surface area (Å²) in [5, 5.41) is 12.3. The number of hydrogen-bond donors (Lipinski definition) is 3. The Morgan fingerprint density at radius 2 is 1.77 bits per heavy atom. The lowest BCUT2D eigenvalue weighted by Gasteiger charge is -2.12. The quantitative estimate of drug-likeness (QED) is 0.531. The summed E-state index contributed by atoms with van der Waals surface area (Å²) in [6.07, 6.45) is 0. The van der Waals surface area contributed by atoms with Gasteiger partial charge in [-0.3, -0.25) is 14.9 Å². The first-order chi connectivity index (χ1) is 14.7. The van der Waals surface area contributed by atoms with Crippen molar-refractivity contribution in [1.29, 1.82) is 0 Å². The lowest BCUT2D eigenvalue weighted by Crippen LogP contribution is -2.23. The minimum absolute atomic E-state index is 0.0182. The van der Waals surface area contributed by atoms with Gasteiger partial charge in [-0.2, -0.15) is 0 Å². The number of benzene rings is 2. The van der Waals surface area contributed by atoms with E-state index in [1.54, 1.807) is 48.5 Å². The third-order valence-electron chi connectivity index (χ3n) is 4.54. The molecule has 3 rings (SSSR count). The maximum atomic E-state index is 13.6. The molecular weight excluding hydrogens is 399 g/mol. The zero-order chi connectivity index (χ0) is 22.4. The van der Waals surface area contributed by atoms with Crippen LogP contribution in [0.5, 0.6) is 0 Å². The molecule has 0 atom stereocenters. The highest BCUT2D eigenvalue weighted by molar-refractivity contribution is 5.95. The predicted molar refractivity (Wildman–Crippen MR) is 116 cm³/mol. The summed E-state index contributed by atoms with van der Waals surface area (Å²) in [4.78, 5) is 24.4. The number of rotatable bonds is 7. The fourth-order valence-electron chi connectivity index (χ4n) is 2.71. The molecule has 0 saturated carbocycles. The molecule has 8 heteroatoms. The number of carbonyl (C=O) groups excluding carboxylic acids is 2. The van der Waals surface area contributed by atoms with Crippen molar-refractivity contribution in [3.8, 4) is 0 Å². The second-order valence-electron chi connectivity index (χ2n) is 8.08. The van der Waals surface area contributed by atoms with Crippen molar-refractivity contribution in [2.45, 2.75) is 32.7 Å². The van der Waals surface area contributed by atoms with Gasteiger partial charge >= 0.3 is 0 Å². The van der Waals surface area contributed by atoms with Crippen LogP contribution in [0.4, 0.5) is 16.0 Å². The molecule has 0 spiro atoms. The summed E-state index contributed by atoms with van der Waals surface area (Å²) >= 11 is 0. The molecule has 1 aromatic heterocycles. The summed E-state index contributed by atoms with van der Waals surface area (Å²) in [6, 6.07) is 14.6. The Morgan fingerprint density at radius 3 is 2.42 bits per heavy atom. The van der Waals surface area contributed by atoms with Crippen LogP contribution in [-0.4, -0.2) is 23.5 Å². The highest BCUT2D eigenvalue weighted by Gasteiger charge is 2.19. The standard InChI is InChI=1S/C23H25FN4O3/c1-23(2,3)19-12-21(31-28-19)27-20(29)14-25-17-10-8-15(9-11-17)22(30)26-13-16-6-4-5-7-18(16)24/h4-12,25H,13-14H2,1-3H3,(H,26,30)(H,27,29). The van der Waals surface area contributed by atoms with Gasteiger partial charge in [-0.25, -0.2) is 4.39 Å². The van der Waals surface area contributed by atoms with Gasteiger partial charge in [0.05, 0.1) is 12.2 Å². The molecule has 162 valence electrons. The first-order valence-corrected chi connectivity index (χ1v) is 9.85. The second-order valence-corrected chi connectivity index (χ2v) is 8.08. The zero-order valence-corrected chi connectivity index (χ0v) is 17.7. The van der Waals surface area contributed by atoms with Crippen LogP contribution < -0.4 is 16.0 Å². The van der Waals surface area contributed by atoms with E-state index < -0.39 is 0 Å². The highest BCUT2D eigenvalue weighted by atomic mass is 19.1. The van der Waals surface area contributed by atoms with E-state index in [9.17, 15) is 14.0 Å². The lowest BCUT2D eigenvalue weighted by molar-refractivity contribution is -0.114. The average molecular weight is 424 g/mol. The van der Waals surface area contributed by atoms with Gasteiger partial charge in [0, 0.05) is 34.8 Å². The molecule has 0 aliphatic heterocycles. The number of anilines is 2. The minimum atomic E-state index is -0.361. The molecule has 3 aromatic rings. The first-order valence-electron chi connectivity index (χ1n) is 9.85. The van der Waals surface area contributed by atoms with Gasteiger partial charge in [-0.15, -0.1) is 0 Å². The molecule has 1 heterocycles. The van der Waals surface area contributed by atoms with Crippen LogP contribution in [0.25, 0.3) is 0 Å². The molecule has 0 unspecified atom stereocenters. The number of aromatic nitrogens is 1. The van der Waals surface area contributed by atoms with Crippen molar-refractivity contribution in [1.82, 2.24) is 10.5 Å². The first kappa shape index (κ1) is 22.0. The van der Waals surface area contributed by atoms with Crippen molar-refractivity contribution in [3.05, 3.63) is 77.2 Å². The maximum Gasteiger partial charge on any atom is 0.251 e. The van der Waals surface area contributed by atoms with Crippen molar-refractivity contribution < 1.29 is 18.5 Å². The fraction of sp³-hybridized carbons (Fsp3) is 0.261. The van der Waals surface area contributed by atoms with Crippen LogP contribution in [0.15, 0.2) is 59.1 Å². The van der Waals surface area contributed by atoms with Crippen molar-refractivity contribution >= 4 is 23.4 Å². The molecule has 0 bridgehead atoms. The SMILES string of the molecule is CC(C)(C)c1cc(NC(=O)CNc2ccc(C(=O)NCc3ccccc3F)cc2)on1. The maximum absolute atomic E-state index is 13.6. The van der Waals surface area contributed by atoms with E-state index in [4.69, 9.17) is 4.52 Å². The third-order valence-corrected chi connectivity index (χ3v) is 4.54. The molecule has 0 aliphatic rings. The molecule has 2 amide bonds. The topological polar surface area (TPSA) is 96.3 Å². The molecule has 0 saturated heterocycles. The summed E-state index contributed by atoms with van der Waals surface area (Å²) in [7, 11) is 0. The van der Waals surface area contributed by atoms with E-state index in [0.29, 0.717) is 22.7 Å². The molecule has 0 fully saturated rings. The van der Waals surface area contributed by atoms with Gasteiger partial charge in [0.15, 0.2) is 0 Å². The number of halogens is 1. The minimum Gasteiger partial charge on any atom is -0.376 e. The van der Waals surface area contributed by atoms with Crippen molar-refractivity contribution in [3.63, 3.8) is 0 Å². The Kier molecular flexibility index (Phi) is 6.69. The normalized spacial score (nSPS) is 11.1. The number of nitrogens with zero attached hydrogens (tertiary/aromatic N) is 1. The largest absolute Gasteiger partial charge is 0.376 e. The van der Waals surface area contributed by atoms with Crippen molar-refractivity contribution in [2.24, 2.45) is 0 Å². The van der Waals surface area contributed by atoms with Crippen LogP contribution in [0.1, 0.15) is 42.4 Å². The Balaban J connectivity index is 1.47. The predicted octanol–water partition coefficient (Wildman–Crippen LogP) is 4.09. The van der Waals surface area contributed by atoms with Gasteiger partial charge in [-0.05, 0) is 30.3 Å². The molecule has 0 radical (unpaired) electrons. The monoisotopic (exact) mass is 424 g/mol. The molecule has 3 N–H and O–H groups in total. The number of carbonyl (C=O) groups is 2. The van der Waals surface area contributed by atoms with E-state index >= 15 is 0 Å². The number of nitrogens with one attached hydrogen (secondary N) is 3. The summed E-state index contributed by atoms with van der Waals surface area (Å²) in [5.41, 5.74) is 2.10. The summed E-state index contributed by atoms with van der Waals surface area (Å²) in [6.45, 7) is 6.13. The van der Waals surface area contributed by atoms with Gasteiger partial charge in [0.1, 0.15) is 5.82 Å². The number of hydrogen-bond acceptors (Lipinski definition) is 5. The molecular formula is C23H25FN4O3. The summed E-state index contributed by atoms with van der Waals surface area (Å²) in [5.74, 6) is -0.671. The molecule has 31 heavy (non-hydrogen) atoms. The van der Waals surface area contributed by atoms with Crippen LogP contribution in [0, 0.1) is 5.82 Å². The van der Waals surface area contributed by atoms with E-state index in [0.717, 1.165) is 5.69 Å². The Bertz CT molecular complexity index is 1060. The van der Waals surface area contributed by atoms with Crippen LogP contribution in [0.2, 0.25) is 0 Å². The van der Waals surface area contributed by atoms with Crippen LogP contribution in [-0.2, 0) is 16.8 Å². The van der Waals surface area contributed by atoms with Gasteiger partial charge < -0.3 is 15.2 Å². The summed E-state index contributed by atoms with van der Waals surface area (Å²) < 4.78 is 18.8. The Morgan fingerprint density at radius 1 is 1.06 bits per heavy atom. The molecule has 2 aromatic carbocycles. The van der Waals surface area contributed by atoms with E-state index in [1.807, 2.05) is 20.8 Å². The fourth-order valence-corrected chi connectivity index (χ4v) is 2.71. The second kappa shape index (κ2) is 9.42. The van der Waals surface area contributed by atoms with Crippen LogP contribution >= 0.6 is 0 Å². The molecule has 0 aliphatic carbocycles. The van der Waals surface area contributed by atoms with Gasteiger partial charge in [0.25, 0.3) is 5.91 Å². The smallest absolute Gasteiger partial charge is 0.251 e. The van der Waals surface area contributed by atoms with E-state index in [-0.39, 0.29) is 36.1 Å². The average Bonchev–Trinajstić information content (AvgIpc) is 3.21. The van der Waals surface area contributed by atoms with E-state index in [2.05, 4.69) is 21.1 Å². The van der Waals surface area contributed by atoms with Crippen molar-refractivity contribution in [2.75, 3.05) is 17.2 Å². The van der Waals surface area contributed by atoms with Crippen LogP contribution in [0.3, 0.4) is 0 Å². The Hall–Kier alpha value is -3.68. The zero-order valence-electron chi connectivity index (χ0n) is 17.7. The lowest BCUT2D eigenvalue weighted by atomic mass is 9.92.